The van der Waals surface area contributed by atoms with Crippen LogP contribution in [0.3, 0.4) is 0 Å². The third kappa shape index (κ3) is 3.61. The first-order valence-electron chi connectivity index (χ1n) is 6.70. The number of amidine groups is 1. The topological polar surface area (TPSA) is 89.1 Å². The predicted octanol–water partition coefficient (Wildman–Crippen LogP) is 1.06. The van der Waals surface area contributed by atoms with Crippen LogP contribution in [-0.2, 0) is 11.3 Å². The number of hydrogen-bond acceptors (Lipinski definition) is 5. The first-order chi connectivity index (χ1) is 9.74. The molecule has 0 saturated carbocycles. The van der Waals surface area contributed by atoms with Gasteiger partial charge >= 0.3 is 0 Å². The second kappa shape index (κ2) is 7.12. The van der Waals surface area contributed by atoms with E-state index in [1.54, 1.807) is 13.2 Å². The highest BCUT2D eigenvalue weighted by Gasteiger charge is 2.14. The van der Waals surface area contributed by atoms with Gasteiger partial charge in [-0.05, 0) is 30.5 Å². The monoisotopic (exact) mass is 279 g/mol. The number of methoxy groups -OCH3 is 1. The van der Waals surface area contributed by atoms with Crippen LogP contribution in [0.25, 0.3) is 0 Å². The van der Waals surface area contributed by atoms with Crippen molar-refractivity contribution >= 4 is 5.84 Å². The SMILES string of the molecule is COc1cc(CNC2CCCOC2)ccc1/C(N)=N/O. The smallest absolute Gasteiger partial charge is 0.173 e. The fraction of sp³-hybridized carbons (Fsp3) is 0.500. The molecule has 4 N–H and O–H groups in total. The second-order valence-electron chi connectivity index (χ2n) is 4.81. The number of nitrogens with zero attached hydrogens (tertiary/aromatic N) is 1. The van der Waals surface area contributed by atoms with Crippen LogP contribution in [0.5, 0.6) is 5.75 Å². The standard InChI is InChI=1S/C14H21N3O3/c1-19-13-7-10(4-5-12(13)14(15)17-18)8-16-11-3-2-6-20-9-11/h4-5,7,11,16,18H,2-3,6,8-9H2,1H3,(H2,15,17). The maximum absolute atomic E-state index is 8.73. The van der Waals surface area contributed by atoms with E-state index in [0.717, 1.165) is 38.2 Å². The molecule has 0 bridgehead atoms. The zero-order chi connectivity index (χ0) is 14.4. The molecule has 0 amide bonds. The van der Waals surface area contributed by atoms with Gasteiger partial charge in [-0.2, -0.15) is 0 Å². The number of rotatable bonds is 5. The Kier molecular flexibility index (Phi) is 5.20. The first kappa shape index (κ1) is 14.6. The highest BCUT2D eigenvalue weighted by atomic mass is 16.5. The highest BCUT2D eigenvalue weighted by molar-refractivity contribution is 5.99. The van der Waals surface area contributed by atoms with Crippen molar-refractivity contribution in [3.8, 4) is 5.75 Å². The van der Waals surface area contributed by atoms with Crippen molar-refractivity contribution in [2.75, 3.05) is 20.3 Å². The average molecular weight is 279 g/mol. The molecule has 0 aromatic heterocycles. The Morgan fingerprint density at radius 1 is 1.60 bits per heavy atom. The Bertz CT molecular complexity index is 471. The summed E-state index contributed by atoms with van der Waals surface area (Å²) < 4.78 is 10.7. The highest BCUT2D eigenvalue weighted by Crippen LogP contribution is 2.20. The quantitative estimate of drug-likeness (QED) is 0.324. The zero-order valence-electron chi connectivity index (χ0n) is 11.6. The molecule has 1 aliphatic heterocycles. The molecule has 1 atom stereocenters. The lowest BCUT2D eigenvalue weighted by Gasteiger charge is -2.23. The van der Waals surface area contributed by atoms with Gasteiger partial charge in [0, 0.05) is 19.2 Å². The van der Waals surface area contributed by atoms with E-state index in [4.69, 9.17) is 20.4 Å². The summed E-state index contributed by atoms with van der Waals surface area (Å²) in [6.07, 6.45) is 2.24. The Labute approximate surface area is 118 Å². The Hall–Kier alpha value is -1.79. The largest absolute Gasteiger partial charge is 0.496 e. The number of ether oxygens (including phenoxy) is 2. The zero-order valence-corrected chi connectivity index (χ0v) is 11.6. The molecule has 110 valence electrons. The van der Waals surface area contributed by atoms with E-state index in [0.29, 0.717) is 17.4 Å². The van der Waals surface area contributed by atoms with Crippen LogP contribution < -0.4 is 15.8 Å². The lowest BCUT2D eigenvalue weighted by Crippen LogP contribution is -2.36. The van der Waals surface area contributed by atoms with E-state index < -0.39 is 0 Å². The van der Waals surface area contributed by atoms with E-state index in [2.05, 4.69) is 10.5 Å². The van der Waals surface area contributed by atoms with Gasteiger partial charge in [-0.1, -0.05) is 11.2 Å². The summed E-state index contributed by atoms with van der Waals surface area (Å²) >= 11 is 0. The van der Waals surface area contributed by atoms with Gasteiger partial charge in [-0.3, -0.25) is 0 Å². The number of nitrogens with one attached hydrogen (secondary N) is 1. The molecular weight excluding hydrogens is 258 g/mol. The summed E-state index contributed by atoms with van der Waals surface area (Å²) in [7, 11) is 1.57. The van der Waals surface area contributed by atoms with Gasteiger partial charge in [0.15, 0.2) is 5.84 Å². The minimum absolute atomic E-state index is 0.0436. The van der Waals surface area contributed by atoms with Crippen molar-refractivity contribution in [1.29, 1.82) is 0 Å². The number of hydrogen-bond donors (Lipinski definition) is 3. The fourth-order valence-corrected chi connectivity index (χ4v) is 2.27. The molecular formula is C14H21N3O3. The molecule has 1 unspecified atom stereocenters. The van der Waals surface area contributed by atoms with Crippen LogP contribution in [-0.4, -0.2) is 37.4 Å². The summed E-state index contributed by atoms with van der Waals surface area (Å²) in [6.45, 7) is 2.36. The fourth-order valence-electron chi connectivity index (χ4n) is 2.27. The molecule has 1 heterocycles. The molecule has 0 radical (unpaired) electrons. The van der Waals surface area contributed by atoms with Crippen LogP contribution in [0.4, 0.5) is 0 Å². The summed E-state index contributed by atoms with van der Waals surface area (Å²) in [5.41, 5.74) is 7.27. The third-order valence-corrected chi connectivity index (χ3v) is 3.40. The lowest BCUT2D eigenvalue weighted by molar-refractivity contribution is 0.0699. The van der Waals surface area contributed by atoms with Crippen molar-refractivity contribution in [3.05, 3.63) is 29.3 Å². The van der Waals surface area contributed by atoms with Crippen molar-refractivity contribution in [3.63, 3.8) is 0 Å². The Morgan fingerprint density at radius 2 is 2.45 bits per heavy atom. The molecule has 2 rings (SSSR count). The minimum Gasteiger partial charge on any atom is -0.496 e. The molecule has 20 heavy (non-hydrogen) atoms. The van der Waals surface area contributed by atoms with Crippen LogP contribution in [0.2, 0.25) is 0 Å². The molecule has 1 saturated heterocycles. The molecule has 1 aliphatic rings. The van der Waals surface area contributed by atoms with Gasteiger partial charge in [-0.15, -0.1) is 0 Å². The minimum atomic E-state index is 0.0436. The van der Waals surface area contributed by atoms with E-state index in [9.17, 15) is 0 Å². The molecule has 1 aromatic carbocycles. The number of benzene rings is 1. The van der Waals surface area contributed by atoms with Gasteiger partial charge in [0.25, 0.3) is 0 Å². The number of oxime groups is 1. The van der Waals surface area contributed by atoms with Crippen molar-refractivity contribution in [1.82, 2.24) is 5.32 Å². The molecule has 6 heteroatoms. The maximum atomic E-state index is 8.73. The van der Waals surface area contributed by atoms with Crippen LogP contribution in [0.1, 0.15) is 24.0 Å². The van der Waals surface area contributed by atoms with E-state index >= 15 is 0 Å². The molecule has 1 aromatic rings. The molecule has 0 spiro atoms. The number of nitrogens with two attached hydrogens (primary N) is 1. The van der Waals surface area contributed by atoms with Crippen LogP contribution in [0, 0.1) is 0 Å². The predicted molar refractivity (Wildman–Crippen MR) is 76.2 cm³/mol. The molecule has 1 fully saturated rings. The normalized spacial score (nSPS) is 19.9. The second-order valence-corrected chi connectivity index (χ2v) is 4.81. The van der Waals surface area contributed by atoms with Crippen LogP contribution >= 0.6 is 0 Å². The Morgan fingerprint density at radius 3 is 3.10 bits per heavy atom. The van der Waals surface area contributed by atoms with E-state index in [-0.39, 0.29) is 5.84 Å². The summed E-state index contributed by atoms with van der Waals surface area (Å²) in [5.74, 6) is 0.640. The molecule has 0 aliphatic carbocycles. The molecule has 6 nitrogen and oxygen atoms in total. The lowest BCUT2D eigenvalue weighted by atomic mass is 10.1. The summed E-state index contributed by atoms with van der Waals surface area (Å²) in [6, 6.07) is 6.03. The van der Waals surface area contributed by atoms with E-state index in [1.165, 1.54) is 0 Å². The van der Waals surface area contributed by atoms with Gasteiger partial charge in [-0.25, -0.2) is 0 Å². The van der Waals surface area contributed by atoms with Crippen molar-refractivity contribution in [2.24, 2.45) is 10.9 Å². The van der Waals surface area contributed by atoms with Gasteiger partial charge in [0.2, 0.25) is 0 Å². The first-order valence-corrected chi connectivity index (χ1v) is 6.70. The van der Waals surface area contributed by atoms with Gasteiger partial charge in [0.05, 0.1) is 19.3 Å². The van der Waals surface area contributed by atoms with Crippen molar-refractivity contribution in [2.45, 2.75) is 25.4 Å². The van der Waals surface area contributed by atoms with Gasteiger partial charge in [0.1, 0.15) is 5.75 Å². The summed E-state index contributed by atoms with van der Waals surface area (Å²) in [4.78, 5) is 0. The third-order valence-electron chi connectivity index (χ3n) is 3.40. The van der Waals surface area contributed by atoms with Gasteiger partial charge < -0.3 is 25.7 Å². The maximum Gasteiger partial charge on any atom is 0.173 e. The van der Waals surface area contributed by atoms with Crippen LogP contribution in [0.15, 0.2) is 23.4 Å². The Balaban J connectivity index is 2.01. The van der Waals surface area contributed by atoms with Crippen molar-refractivity contribution < 1.29 is 14.7 Å². The summed E-state index contributed by atoms with van der Waals surface area (Å²) in [5, 5.41) is 15.2. The van der Waals surface area contributed by atoms with E-state index in [1.807, 2.05) is 12.1 Å². The average Bonchev–Trinajstić information content (AvgIpc) is 2.52.